The summed E-state index contributed by atoms with van der Waals surface area (Å²) >= 11 is 0. The maximum Gasteiger partial charge on any atom is 0.274 e. The SMILES string of the molecule is CCCn1nc(C(=O)N(C)C)c2c1CCN(Cc1ncc[nH]1)C2. The van der Waals surface area contributed by atoms with E-state index in [9.17, 15) is 4.79 Å². The van der Waals surface area contributed by atoms with Gasteiger partial charge in [0, 0.05) is 63.8 Å². The lowest BCUT2D eigenvalue weighted by Crippen LogP contribution is -2.32. The summed E-state index contributed by atoms with van der Waals surface area (Å²) in [5.74, 6) is 0.936. The fourth-order valence-corrected chi connectivity index (χ4v) is 3.06. The zero-order chi connectivity index (χ0) is 16.4. The standard InChI is InChI=1S/C16H24N6O/c1-4-8-22-13-5-9-21(11-14-17-6-7-18-14)10-12(13)15(19-22)16(23)20(2)3/h6-7H,4-5,8-11H2,1-3H3,(H,17,18). The highest BCUT2D eigenvalue weighted by molar-refractivity contribution is 5.93. The van der Waals surface area contributed by atoms with Gasteiger partial charge in [0.1, 0.15) is 5.82 Å². The van der Waals surface area contributed by atoms with Crippen LogP contribution in [0.5, 0.6) is 0 Å². The van der Waals surface area contributed by atoms with Gasteiger partial charge in [-0.3, -0.25) is 14.4 Å². The van der Waals surface area contributed by atoms with E-state index in [1.807, 2.05) is 10.9 Å². The zero-order valence-electron chi connectivity index (χ0n) is 14.0. The summed E-state index contributed by atoms with van der Waals surface area (Å²) in [6, 6.07) is 0. The second-order valence-electron chi connectivity index (χ2n) is 6.19. The number of nitrogens with zero attached hydrogens (tertiary/aromatic N) is 5. The number of H-pyrrole nitrogens is 1. The monoisotopic (exact) mass is 316 g/mol. The number of nitrogens with one attached hydrogen (secondary N) is 1. The Bertz CT molecular complexity index is 673. The molecular weight excluding hydrogens is 292 g/mol. The van der Waals surface area contributed by atoms with Crippen LogP contribution >= 0.6 is 0 Å². The summed E-state index contributed by atoms with van der Waals surface area (Å²) in [5, 5.41) is 4.61. The van der Waals surface area contributed by atoms with Crippen molar-refractivity contribution in [3.8, 4) is 0 Å². The number of fused-ring (bicyclic) bond motifs is 1. The topological polar surface area (TPSA) is 70.1 Å². The van der Waals surface area contributed by atoms with Crippen LogP contribution in [0, 0.1) is 0 Å². The van der Waals surface area contributed by atoms with Gasteiger partial charge in [-0.05, 0) is 6.42 Å². The first-order valence-corrected chi connectivity index (χ1v) is 8.11. The molecule has 2 aromatic rings. The molecule has 0 atom stereocenters. The fraction of sp³-hybridized carbons (Fsp3) is 0.562. The van der Waals surface area contributed by atoms with E-state index in [1.165, 1.54) is 5.69 Å². The molecule has 0 spiro atoms. The average molecular weight is 316 g/mol. The van der Waals surface area contributed by atoms with Gasteiger partial charge in [-0.15, -0.1) is 0 Å². The van der Waals surface area contributed by atoms with Crippen molar-refractivity contribution in [2.75, 3.05) is 20.6 Å². The lowest BCUT2D eigenvalue weighted by atomic mass is 10.0. The highest BCUT2D eigenvalue weighted by Crippen LogP contribution is 2.24. The van der Waals surface area contributed by atoms with Gasteiger partial charge in [0.05, 0.1) is 6.54 Å². The first kappa shape index (κ1) is 15.7. The third kappa shape index (κ3) is 3.14. The van der Waals surface area contributed by atoms with Crippen LogP contribution < -0.4 is 0 Å². The molecule has 1 N–H and O–H groups in total. The maximum atomic E-state index is 12.5. The maximum absolute atomic E-state index is 12.5. The minimum atomic E-state index is -0.0176. The third-order valence-corrected chi connectivity index (χ3v) is 4.19. The summed E-state index contributed by atoms with van der Waals surface area (Å²) < 4.78 is 2.02. The smallest absolute Gasteiger partial charge is 0.274 e. The van der Waals surface area contributed by atoms with Crippen LogP contribution in [-0.4, -0.2) is 56.1 Å². The summed E-state index contributed by atoms with van der Waals surface area (Å²) in [4.78, 5) is 23.8. The van der Waals surface area contributed by atoms with Crippen molar-refractivity contribution >= 4 is 5.91 Å². The third-order valence-electron chi connectivity index (χ3n) is 4.19. The van der Waals surface area contributed by atoms with E-state index in [0.717, 1.165) is 50.4 Å². The Hall–Kier alpha value is -2.15. The van der Waals surface area contributed by atoms with Gasteiger partial charge in [-0.25, -0.2) is 4.98 Å². The number of carbonyl (C=O) groups excluding carboxylic acids is 1. The van der Waals surface area contributed by atoms with Crippen LogP contribution in [0.4, 0.5) is 0 Å². The van der Waals surface area contributed by atoms with Crippen LogP contribution in [0.2, 0.25) is 0 Å². The van der Waals surface area contributed by atoms with Gasteiger partial charge in [-0.1, -0.05) is 6.92 Å². The molecule has 0 fully saturated rings. The van der Waals surface area contributed by atoms with Crippen molar-refractivity contribution < 1.29 is 4.79 Å². The van der Waals surface area contributed by atoms with E-state index in [-0.39, 0.29) is 5.91 Å². The Morgan fingerprint density at radius 2 is 2.26 bits per heavy atom. The highest BCUT2D eigenvalue weighted by atomic mass is 16.2. The van der Waals surface area contributed by atoms with Crippen molar-refractivity contribution in [2.24, 2.45) is 0 Å². The number of aryl methyl sites for hydroxylation is 1. The van der Waals surface area contributed by atoms with E-state index in [4.69, 9.17) is 0 Å². The molecule has 0 saturated carbocycles. The van der Waals surface area contributed by atoms with E-state index in [2.05, 4.69) is 26.9 Å². The number of amides is 1. The number of aromatic nitrogens is 4. The number of hydrogen-bond donors (Lipinski definition) is 1. The number of rotatable bonds is 5. The van der Waals surface area contributed by atoms with E-state index < -0.39 is 0 Å². The summed E-state index contributed by atoms with van der Waals surface area (Å²) in [6.07, 6.45) is 5.54. The molecule has 2 aromatic heterocycles. The normalized spacial score (nSPS) is 14.7. The van der Waals surface area contributed by atoms with Crippen molar-refractivity contribution in [2.45, 2.75) is 39.4 Å². The molecule has 23 heavy (non-hydrogen) atoms. The first-order valence-electron chi connectivity index (χ1n) is 8.11. The number of carbonyl (C=O) groups is 1. The second-order valence-corrected chi connectivity index (χ2v) is 6.19. The van der Waals surface area contributed by atoms with E-state index in [1.54, 1.807) is 25.2 Å². The Morgan fingerprint density at radius 1 is 1.43 bits per heavy atom. The fourth-order valence-electron chi connectivity index (χ4n) is 3.06. The van der Waals surface area contributed by atoms with E-state index >= 15 is 0 Å². The lowest BCUT2D eigenvalue weighted by molar-refractivity contribution is 0.0818. The Morgan fingerprint density at radius 3 is 2.91 bits per heavy atom. The largest absolute Gasteiger partial charge is 0.348 e. The molecule has 0 aromatic carbocycles. The number of imidazole rings is 1. The van der Waals surface area contributed by atoms with Gasteiger partial charge in [0.25, 0.3) is 5.91 Å². The Kier molecular flexibility index (Phi) is 4.47. The number of aromatic amines is 1. The molecule has 0 radical (unpaired) electrons. The van der Waals surface area contributed by atoms with Crippen LogP contribution in [0.15, 0.2) is 12.4 Å². The van der Waals surface area contributed by atoms with Gasteiger partial charge in [-0.2, -0.15) is 5.10 Å². The predicted molar refractivity (Wildman–Crippen MR) is 86.9 cm³/mol. The molecule has 0 unspecified atom stereocenters. The van der Waals surface area contributed by atoms with Gasteiger partial charge >= 0.3 is 0 Å². The van der Waals surface area contributed by atoms with Crippen LogP contribution in [0.1, 0.15) is 40.9 Å². The van der Waals surface area contributed by atoms with Crippen molar-refractivity contribution in [3.63, 3.8) is 0 Å². The summed E-state index contributed by atoms with van der Waals surface area (Å²) in [6.45, 7) is 5.46. The molecule has 1 amide bonds. The van der Waals surface area contributed by atoms with Gasteiger partial charge in [0.2, 0.25) is 0 Å². The lowest BCUT2D eigenvalue weighted by Gasteiger charge is -2.27. The van der Waals surface area contributed by atoms with Crippen LogP contribution in [0.25, 0.3) is 0 Å². The average Bonchev–Trinajstić information content (AvgIpc) is 3.15. The quantitative estimate of drug-likeness (QED) is 0.902. The van der Waals surface area contributed by atoms with Gasteiger partial charge < -0.3 is 9.88 Å². The predicted octanol–water partition coefficient (Wildman–Crippen LogP) is 1.28. The second kappa shape index (κ2) is 6.54. The first-order chi connectivity index (χ1) is 11.1. The molecule has 7 nitrogen and oxygen atoms in total. The Balaban J connectivity index is 1.88. The minimum Gasteiger partial charge on any atom is -0.348 e. The van der Waals surface area contributed by atoms with E-state index in [0.29, 0.717) is 5.69 Å². The molecule has 124 valence electrons. The van der Waals surface area contributed by atoms with Crippen LogP contribution in [-0.2, 0) is 26.1 Å². The Labute approximate surface area is 136 Å². The molecule has 7 heteroatoms. The molecule has 1 aliphatic heterocycles. The zero-order valence-corrected chi connectivity index (χ0v) is 14.0. The van der Waals surface area contributed by atoms with Gasteiger partial charge in [0.15, 0.2) is 5.69 Å². The highest BCUT2D eigenvalue weighted by Gasteiger charge is 2.28. The molecule has 3 heterocycles. The van der Waals surface area contributed by atoms with Crippen molar-refractivity contribution in [1.82, 2.24) is 29.5 Å². The summed E-state index contributed by atoms with van der Waals surface area (Å²) in [5.41, 5.74) is 2.89. The van der Waals surface area contributed by atoms with Crippen molar-refractivity contribution in [1.29, 1.82) is 0 Å². The number of hydrogen-bond acceptors (Lipinski definition) is 4. The van der Waals surface area contributed by atoms with Crippen LogP contribution in [0.3, 0.4) is 0 Å². The molecule has 0 aliphatic carbocycles. The molecular formula is C16H24N6O. The summed E-state index contributed by atoms with van der Waals surface area (Å²) in [7, 11) is 3.55. The molecule has 3 rings (SSSR count). The molecule has 1 aliphatic rings. The molecule has 0 saturated heterocycles. The van der Waals surface area contributed by atoms with Crippen molar-refractivity contribution in [3.05, 3.63) is 35.2 Å². The minimum absolute atomic E-state index is 0.0176. The molecule has 0 bridgehead atoms.